The molecule has 1 atom stereocenters. The highest BCUT2D eigenvalue weighted by molar-refractivity contribution is 7.57. The van der Waals surface area contributed by atoms with Crippen molar-refractivity contribution in [2.75, 3.05) is 19.0 Å². The van der Waals surface area contributed by atoms with Crippen LogP contribution in [0.1, 0.15) is 6.92 Å². The normalized spacial score (nSPS) is 15.5. The van der Waals surface area contributed by atoms with Gasteiger partial charge in [0.25, 0.3) is 0 Å². The average Bonchev–Trinajstić information content (AvgIpc) is 2.34. The van der Waals surface area contributed by atoms with Gasteiger partial charge in [0.1, 0.15) is 12.1 Å². The molecule has 0 radical (unpaired) electrons. The Bertz CT molecular complexity index is 323. The number of nitrogen functional groups attached to an aromatic ring is 1. The number of hydrogen-bond donors (Lipinski definition) is 1. The lowest BCUT2D eigenvalue weighted by molar-refractivity contribution is 0.330. The van der Waals surface area contributed by atoms with Crippen LogP contribution in [0.25, 0.3) is 0 Å². The van der Waals surface area contributed by atoms with E-state index in [2.05, 4.69) is 5.10 Å². The number of rotatable bonds is 4. The summed E-state index contributed by atoms with van der Waals surface area (Å²) in [4.78, 5) is 0. The van der Waals surface area contributed by atoms with Crippen LogP contribution in [-0.4, -0.2) is 23.1 Å². The van der Waals surface area contributed by atoms with E-state index in [9.17, 15) is 4.57 Å². The first kappa shape index (κ1) is 10.3. The maximum atomic E-state index is 11.7. The van der Waals surface area contributed by atoms with Crippen molar-refractivity contribution in [2.45, 2.75) is 13.2 Å². The highest BCUT2D eigenvalue weighted by Gasteiger charge is 2.15. The lowest BCUT2D eigenvalue weighted by Gasteiger charge is -2.11. The number of nitrogens with two attached hydrogens (primary N) is 1. The van der Waals surface area contributed by atoms with Gasteiger partial charge in [-0.3, -0.25) is 9.25 Å². The average molecular weight is 203 g/mol. The maximum Gasteiger partial charge on any atom is 0.220 e. The van der Waals surface area contributed by atoms with Gasteiger partial charge in [-0.2, -0.15) is 5.10 Å². The molecular formula is C7H14N3O2P. The zero-order valence-corrected chi connectivity index (χ0v) is 8.70. The fourth-order valence-electron chi connectivity index (χ4n) is 1.03. The Hall–Kier alpha value is -0.800. The van der Waals surface area contributed by atoms with Gasteiger partial charge in [-0.15, -0.1) is 0 Å². The van der Waals surface area contributed by atoms with Crippen molar-refractivity contribution in [3.63, 3.8) is 0 Å². The lowest BCUT2D eigenvalue weighted by Crippen LogP contribution is -2.02. The van der Waals surface area contributed by atoms with E-state index < -0.39 is 7.37 Å². The van der Waals surface area contributed by atoms with Crippen molar-refractivity contribution in [1.82, 2.24) is 9.78 Å². The van der Waals surface area contributed by atoms with E-state index in [0.29, 0.717) is 12.4 Å². The molecule has 0 unspecified atom stereocenters. The third-order valence-corrected chi connectivity index (χ3v) is 3.07. The molecule has 2 N–H and O–H groups in total. The van der Waals surface area contributed by atoms with E-state index in [1.165, 1.54) is 4.68 Å². The Morgan fingerprint density at radius 2 is 2.46 bits per heavy atom. The van der Waals surface area contributed by atoms with Crippen LogP contribution >= 0.6 is 7.37 Å². The minimum atomic E-state index is -2.56. The van der Waals surface area contributed by atoms with E-state index in [1.807, 2.05) is 6.92 Å². The van der Waals surface area contributed by atoms with Crippen molar-refractivity contribution in [3.05, 3.63) is 12.3 Å². The topological polar surface area (TPSA) is 70.1 Å². The monoisotopic (exact) mass is 203 g/mol. The Labute approximate surface area is 77.3 Å². The fraction of sp³-hybridized carbons (Fsp3) is 0.571. The van der Waals surface area contributed by atoms with E-state index in [-0.39, 0.29) is 6.29 Å². The van der Waals surface area contributed by atoms with Crippen molar-refractivity contribution >= 4 is 13.2 Å². The molecule has 0 aromatic carbocycles. The second kappa shape index (κ2) is 3.94. The molecule has 0 aliphatic heterocycles. The highest BCUT2D eigenvalue weighted by atomic mass is 31.2. The van der Waals surface area contributed by atoms with Gasteiger partial charge in [-0.05, 0) is 13.0 Å². The van der Waals surface area contributed by atoms with Crippen LogP contribution in [0.15, 0.2) is 12.3 Å². The summed E-state index contributed by atoms with van der Waals surface area (Å²) in [6.07, 6.45) is 1.96. The molecule has 0 amide bonds. The molecular weight excluding hydrogens is 189 g/mol. The van der Waals surface area contributed by atoms with Crippen LogP contribution in [0, 0.1) is 0 Å². The first-order valence-corrected chi connectivity index (χ1v) is 6.29. The standard InChI is InChI=1S/C7H14N3O2P/c1-3-12-13(2,11)6-10-5-4-7(8)9-10/h4-5H,3,6H2,1-2H3,(H2,8,9)/t13-/m0/s1. The smallest absolute Gasteiger partial charge is 0.220 e. The molecule has 0 fully saturated rings. The Balaban J connectivity index is 2.63. The van der Waals surface area contributed by atoms with Gasteiger partial charge in [0.05, 0.1) is 6.61 Å². The summed E-state index contributed by atoms with van der Waals surface area (Å²) in [5.41, 5.74) is 5.41. The van der Waals surface area contributed by atoms with Crippen molar-refractivity contribution in [3.8, 4) is 0 Å². The minimum absolute atomic E-state index is 0.276. The van der Waals surface area contributed by atoms with Crippen LogP contribution < -0.4 is 5.73 Å². The third kappa shape index (κ3) is 3.20. The van der Waals surface area contributed by atoms with Crippen molar-refractivity contribution in [2.24, 2.45) is 0 Å². The third-order valence-electron chi connectivity index (χ3n) is 1.47. The number of hydrogen-bond acceptors (Lipinski definition) is 4. The summed E-state index contributed by atoms with van der Waals surface area (Å²) in [5, 5.41) is 3.92. The molecule has 1 heterocycles. The van der Waals surface area contributed by atoms with Gasteiger partial charge in [0, 0.05) is 12.9 Å². The second-order valence-electron chi connectivity index (χ2n) is 2.85. The van der Waals surface area contributed by atoms with E-state index in [4.69, 9.17) is 10.3 Å². The molecule has 13 heavy (non-hydrogen) atoms. The molecule has 0 saturated carbocycles. The van der Waals surface area contributed by atoms with Crippen LogP contribution in [0.3, 0.4) is 0 Å². The van der Waals surface area contributed by atoms with Gasteiger partial charge in [0.15, 0.2) is 0 Å². The molecule has 0 saturated heterocycles. The Kier molecular flexibility index (Phi) is 3.12. The molecule has 0 spiro atoms. The zero-order chi connectivity index (χ0) is 9.90. The summed E-state index contributed by atoms with van der Waals surface area (Å²) < 4.78 is 18.3. The zero-order valence-electron chi connectivity index (χ0n) is 7.80. The molecule has 74 valence electrons. The van der Waals surface area contributed by atoms with E-state index >= 15 is 0 Å². The minimum Gasteiger partial charge on any atom is -0.382 e. The quantitative estimate of drug-likeness (QED) is 0.750. The molecule has 1 aromatic heterocycles. The molecule has 0 bridgehead atoms. The SMILES string of the molecule is CCO[P@](C)(=O)Cn1ccc(N)n1. The molecule has 0 aliphatic rings. The Morgan fingerprint density at radius 3 is 2.92 bits per heavy atom. The van der Waals surface area contributed by atoms with Crippen LogP contribution in [0.5, 0.6) is 0 Å². The highest BCUT2D eigenvalue weighted by Crippen LogP contribution is 2.43. The fourth-order valence-corrected chi connectivity index (χ4v) is 2.35. The Morgan fingerprint density at radius 1 is 1.77 bits per heavy atom. The van der Waals surface area contributed by atoms with Gasteiger partial charge >= 0.3 is 0 Å². The molecule has 1 rings (SSSR count). The maximum absolute atomic E-state index is 11.7. The summed E-state index contributed by atoms with van der Waals surface area (Å²) in [6, 6.07) is 1.66. The first-order chi connectivity index (χ1) is 6.03. The van der Waals surface area contributed by atoms with Gasteiger partial charge < -0.3 is 10.3 Å². The largest absolute Gasteiger partial charge is 0.382 e. The number of anilines is 1. The number of aromatic nitrogens is 2. The lowest BCUT2D eigenvalue weighted by atomic mass is 10.7. The molecule has 6 heteroatoms. The van der Waals surface area contributed by atoms with Crippen molar-refractivity contribution in [1.29, 1.82) is 0 Å². The summed E-state index contributed by atoms with van der Waals surface area (Å²) in [5.74, 6) is 0.427. The number of nitrogens with zero attached hydrogens (tertiary/aromatic N) is 2. The van der Waals surface area contributed by atoms with Gasteiger partial charge in [-0.25, -0.2) is 0 Å². The van der Waals surface area contributed by atoms with E-state index in [0.717, 1.165) is 0 Å². The van der Waals surface area contributed by atoms with Crippen LogP contribution in [-0.2, 0) is 15.4 Å². The van der Waals surface area contributed by atoms with Crippen LogP contribution in [0.2, 0.25) is 0 Å². The summed E-state index contributed by atoms with van der Waals surface area (Å²) >= 11 is 0. The predicted octanol–water partition coefficient (Wildman–Crippen LogP) is 1.37. The van der Waals surface area contributed by atoms with Gasteiger partial charge in [0.2, 0.25) is 7.37 Å². The predicted molar refractivity (Wildman–Crippen MR) is 51.8 cm³/mol. The second-order valence-corrected chi connectivity index (χ2v) is 5.42. The molecule has 1 aromatic rings. The van der Waals surface area contributed by atoms with Crippen molar-refractivity contribution < 1.29 is 9.09 Å². The van der Waals surface area contributed by atoms with E-state index in [1.54, 1.807) is 18.9 Å². The molecule has 0 aliphatic carbocycles. The molecule has 5 nitrogen and oxygen atoms in total. The van der Waals surface area contributed by atoms with Crippen LogP contribution in [0.4, 0.5) is 5.82 Å². The van der Waals surface area contributed by atoms with Gasteiger partial charge in [-0.1, -0.05) is 0 Å². The summed E-state index contributed by atoms with van der Waals surface area (Å²) in [6.45, 7) is 3.85. The first-order valence-electron chi connectivity index (χ1n) is 4.03. The summed E-state index contributed by atoms with van der Waals surface area (Å²) in [7, 11) is -2.56.